The van der Waals surface area contributed by atoms with E-state index in [-0.39, 0.29) is 44.6 Å². The first-order valence-electron chi connectivity index (χ1n) is 5.03. The first-order chi connectivity index (χ1) is 8.22. The Hall–Kier alpha value is 1.60. The van der Waals surface area contributed by atoms with E-state index in [0.717, 1.165) is 0 Å². The minimum absolute atomic E-state index is 0. The first-order valence-corrected chi connectivity index (χ1v) is 13.5. The van der Waals surface area contributed by atoms with Crippen LogP contribution >= 0.6 is 0 Å². The van der Waals surface area contributed by atoms with Crippen LogP contribution in [-0.2, 0) is 0 Å². The van der Waals surface area contributed by atoms with Crippen molar-refractivity contribution < 1.29 is 0 Å². The molecule has 0 N–H and O–H groups in total. The summed E-state index contributed by atoms with van der Waals surface area (Å²) in [5.41, 5.74) is 0. The van der Waals surface area contributed by atoms with Gasteiger partial charge in [0, 0.05) is 0 Å². The number of rotatable bonds is 2. The Balaban J connectivity index is -0.000000301. The van der Waals surface area contributed by atoms with Gasteiger partial charge in [-0.05, 0) is 0 Å². The van der Waals surface area contributed by atoms with E-state index in [1.165, 1.54) is 45.0 Å². The molecule has 3 aromatic heterocycles. The van der Waals surface area contributed by atoms with Crippen LogP contribution in [0.15, 0.2) is 36.4 Å². The molecule has 23 heavy (non-hydrogen) atoms. The van der Waals surface area contributed by atoms with Gasteiger partial charge in [0.1, 0.15) is 0 Å². The second-order valence-corrected chi connectivity index (χ2v) is 19.4. The van der Waals surface area contributed by atoms with E-state index in [4.69, 9.17) is 0 Å². The molecule has 0 aliphatic heterocycles. The summed E-state index contributed by atoms with van der Waals surface area (Å²) < 4.78 is 9.97. The van der Waals surface area contributed by atoms with E-state index in [0.29, 0.717) is 43.5 Å². The Morgan fingerprint density at radius 3 is 0.957 bits per heavy atom. The molecule has 0 nitrogen and oxygen atoms in total. The summed E-state index contributed by atoms with van der Waals surface area (Å²) in [7, 11) is 0. The summed E-state index contributed by atoms with van der Waals surface area (Å²) >= 11 is 4.53. The van der Waals surface area contributed by atoms with Crippen LogP contribution in [0.25, 0.3) is 17.7 Å². The average molecular weight is 723 g/mol. The van der Waals surface area contributed by atoms with Crippen LogP contribution in [0.4, 0.5) is 0 Å². The van der Waals surface area contributed by atoms with Crippen LogP contribution in [0, 0.1) is 0 Å². The topological polar surface area (TPSA) is 0 Å². The fourth-order valence-corrected chi connectivity index (χ4v) is 12.4. The van der Waals surface area contributed by atoms with Gasteiger partial charge in [0.25, 0.3) is 0 Å². The summed E-state index contributed by atoms with van der Waals surface area (Å²) in [6.07, 6.45) is 0. The molecule has 0 aromatic carbocycles. The maximum absolute atomic E-state index is 2.39. The third-order valence-corrected chi connectivity index (χ3v) is 14.6. The SMILES string of the molecule is C.C.C.C.C.C.[SnH][c]1ccc(-c2ccc(-c3cc[c]([SnH])[se]3)[se]2)[se]1. The fraction of sp³-hybridized carbons (Fsp3) is 0.333. The van der Waals surface area contributed by atoms with Gasteiger partial charge in [-0.3, -0.25) is 0 Å². The van der Waals surface area contributed by atoms with Gasteiger partial charge >= 0.3 is 148 Å². The zero-order valence-corrected chi connectivity index (χ0v) is 20.6. The van der Waals surface area contributed by atoms with Crippen LogP contribution in [0.1, 0.15) is 44.6 Å². The van der Waals surface area contributed by atoms with Crippen molar-refractivity contribution in [2.75, 3.05) is 0 Å². The summed E-state index contributed by atoms with van der Waals surface area (Å²) in [5.74, 6) is 0. The Morgan fingerprint density at radius 1 is 0.435 bits per heavy atom. The predicted octanol–water partition coefficient (Wildman–Crippen LogP) is 3.06. The average Bonchev–Trinajstić information content (AvgIpc) is 2.96. The molecule has 0 spiro atoms. The monoisotopic (exact) mass is 728 g/mol. The first kappa shape index (κ1) is 32.3. The van der Waals surface area contributed by atoms with Gasteiger partial charge in [-0.2, -0.15) is 0 Å². The second kappa shape index (κ2) is 14.7. The van der Waals surface area contributed by atoms with Gasteiger partial charge in [-0.15, -0.1) is 0 Å². The fourth-order valence-electron chi connectivity index (χ4n) is 1.57. The molecule has 130 valence electrons. The van der Waals surface area contributed by atoms with E-state index in [1.54, 1.807) is 22.7 Å². The van der Waals surface area contributed by atoms with Crippen LogP contribution in [0.3, 0.4) is 0 Å². The van der Waals surface area contributed by atoms with E-state index >= 15 is 0 Å². The summed E-state index contributed by atoms with van der Waals surface area (Å²) in [5, 5.41) is 0. The molecule has 0 amide bonds. The van der Waals surface area contributed by atoms with Gasteiger partial charge < -0.3 is 0 Å². The van der Waals surface area contributed by atoms with Crippen molar-refractivity contribution >= 4 is 93.5 Å². The van der Waals surface area contributed by atoms with Crippen molar-refractivity contribution in [3.05, 3.63) is 36.4 Å². The Bertz CT molecular complexity index is 596. The maximum atomic E-state index is 2.39. The molecule has 5 heteroatoms. The van der Waals surface area contributed by atoms with Crippen molar-refractivity contribution in [1.29, 1.82) is 0 Å². The molecule has 0 aliphatic rings. The zero-order valence-electron chi connectivity index (χ0n) is 8.84. The van der Waals surface area contributed by atoms with Crippen molar-refractivity contribution in [2.24, 2.45) is 0 Å². The Morgan fingerprint density at radius 2 is 0.696 bits per heavy atom. The standard InChI is InChI=1S/C12H6Se3.6CH4.2Sn.2H/c1-3-9(13-7-1)11-5-6-12(15-11)10-4-2-8-14-10;;;;;;;;;;/h1-6H;6*1H4;;;;. The number of hydrogen-bond acceptors (Lipinski definition) is 0. The van der Waals surface area contributed by atoms with Gasteiger partial charge in [0.05, 0.1) is 0 Å². The summed E-state index contributed by atoms with van der Waals surface area (Å²) in [6.45, 7) is 0. The molecular weight excluding hydrogens is 691 g/mol. The Kier molecular flexibility index (Phi) is 20.7. The molecule has 0 atom stereocenters. The van der Waals surface area contributed by atoms with Crippen molar-refractivity contribution in [3.63, 3.8) is 0 Å². The summed E-state index contributed by atoms with van der Waals surface area (Å²) in [6, 6.07) is 14.2. The van der Waals surface area contributed by atoms with E-state index < -0.39 is 0 Å². The zero-order chi connectivity index (χ0) is 11.8. The molecule has 0 saturated carbocycles. The van der Waals surface area contributed by atoms with Gasteiger partial charge in [0.2, 0.25) is 0 Å². The summed E-state index contributed by atoms with van der Waals surface area (Å²) in [4.78, 5) is 0. The van der Waals surface area contributed by atoms with E-state index in [9.17, 15) is 0 Å². The minimum atomic E-state index is 0. The number of hydrogen-bond donors (Lipinski definition) is 0. The quantitative estimate of drug-likeness (QED) is 0.358. The molecule has 0 aliphatic carbocycles. The molecule has 3 rings (SSSR count). The molecule has 4 radical (unpaired) electrons. The second-order valence-electron chi connectivity index (χ2n) is 3.57. The van der Waals surface area contributed by atoms with E-state index in [2.05, 4.69) is 36.4 Å². The molecule has 3 aromatic rings. The van der Waals surface area contributed by atoms with Crippen molar-refractivity contribution in [1.82, 2.24) is 0 Å². The van der Waals surface area contributed by atoms with E-state index in [1.807, 2.05) is 0 Å². The third kappa shape index (κ3) is 8.22. The van der Waals surface area contributed by atoms with Crippen LogP contribution in [0.5, 0.6) is 0 Å². The molecule has 0 fully saturated rings. The third-order valence-electron chi connectivity index (χ3n) is 2.35. The van der Waals surface area contributed by atoms with Crippen LogP contribution < -0.4 is 4.91 Å². The Labute approximate surface area is 189 Å². The normalized spacial score (nSPS) is 8.09. The van der Waals surface area contributed by atoms with Crippen LogP contribution in [-0.4, -0.2) is 88.6 Å². The van der Waals surface area contributed by atoms with Crippen molar-refractivity contribution in [2.45, 2.75) is 44.6 Å². The van der Waals surface area contributed by atoms with Gasteiger partial charge in [-0.25, -0.2) is 0 Å². The van der Waals surface area contributed by atoms with Gasteiger partial charge in [-0.1, -0.05) is 44.6 Å². The molecule has 0 unspecified atom stereocenters. The molecule has 3 heterocycles. The van der Waals surface area contributed by atoms with Crippen LogP contribution in [0.2, 0.25) is 0 Å². The predicted molar refractivity (Wildman–Crippen MR) is 122 cm³/mol. The van der Waals surface area contributed by atoms with Gasteiger partial charge in [0.15, 0.2) is 0 Å². The molecular formula is C18H32Se3Sn2. The molecule has 0 saturated heterocycles. The van der Waals surface area contributed by atoms with Crippen molar-refractivity contribution in [3.8, 4) is 17.7 Å². The molecule has 0 bridgehead atoms.